The maximum atomic E-state index is 12.4. The predicted molar refractivity (Wildman–Crippen MR) is 97.1 cm³/mol. The average Bonchev–Trinajstić information content (AvgIpc) is 2.64. The van der Waals surface area contributed by atoms with Gasteiger partial charge in [0.25, 0.3) is 5.56 Å². The molecule has 2 aromatic heterocycles. The summed E-state index contributed by atoms with van der Waals surface area (Å²) in [5.41, 5.74) is 5.04. The number of pyridine rings is 1. The number of aromatic nitrogens is 3. The van der Waals surface area contributed by atoms with Crippen LogP contribution in [0.1, 0.15) is 22.4 Å². The molecule has 0 unspecified atom stereocenters. The molecule has 1 aromatic carbocycles. The van der Waals surface area contributed by atoms with Crippen LogP contribution in [-0.2, 0) is 19.5 Å². The minimum absolute atomic E-state index is 0.0289. The number of hydrogen-bond acceptors (Lipinski definition) is 4. The second kappa shape index (κ2) is 6.61. The first-order chi connectivity index (χ1) is 12.2. The molecule has 3 heterocycles. The lowest BCUT2D eigenvalue weighted by atomic mass is 10.0. The third-order valence-corrected chi connectivity index (χ3v) is 4.61. The van der Waals surface area contributed by atoms with Crippen LogP contribution in [0.4, 0.5) is 0 Å². The first-order valence-corrected chi connectivity index (χ1v) is 8.49. The molecular weight excluding hydrogens is 312 g/mol. The van der Waals surface area contributed by atoms with E-state index in [0.29, 0.717) is 12.4 Å². The Morgan fingerprint density at radius 2 is 2.04 bits per heavy atom. The van der Waals surface area contributed by atoms with Crippen molar-refractivity contribution in [2.24, 2.45) is 0 Å². The molecule has 5 nitrogen and oxygen atoms in total. The largest absolute Gasteiger partial charge is 0.306 e. The third kappa shape index (κ3) is 3.37. The topological polar surface area (TPSA) is 61.9 Å². The molecule has 0 saturated heterocycles. The van der Waals surface area contributed by atoms with Gasteiger partial charge in [0.1, 0.15) is 5.82 Å². The third-order valence-electron chi connectivity index (χ3n) is 4.61. The zero-order valence-corrected chi connectivity index (χ0v) is 14.2. The number of hydrogen-bond donors (Lipinski definition) is 1. The first-order valence-electron chi connectivity index (χ1n) is 8.49. The number of nitrogens with zero attached hydrogens (tertiary/aromatic N) is 3. The summed E-state index contributed by atoms with van der Waals surface area (Å²) in [6.07, 6.45) is 4.16. The van der Waals surface area contributed by atoms with Gasteiger partial charge in [-0.25, -0.2) is 4.98 Å². The van der Waals surface area contributed by atoms with Crippen molar-refractivity contribution in [3.63, 3.8) is 0 Å². The summed E-state index contributed by atoms with van der Waals surface area (Å²) in [4.78, 5) is 26.5. The molecule has 5 heteroatoms. The lowest BCUT2D eigenvalue weighted by Gasteiger charge is -2.27. The van der Waals surface area contributed by atoms with Gasteiger partial charge in [0, 0.05) is 43.2 Å². The smallest absolute Gasteiger partial charge is 0.254 e. The van der Waals surface area contributed by atoms with Crippen LogP contribution in [0.3, 0.4) is 0 Å². The van der Waals surface area contributed by atoms with Crippen molar-refractivity contribution in [2.45, 2.75) is 26.4 Å². The molecular formula is C20H20N4O. The molecule has 1 aliphatic rings. The second-order valence-electron chi connectivity index (χ2n) is 6.53. The zero-order chi connectivity index (χ0) is 17.2. The number of aryl methyl sites for hydroxylation is 1. The van der Waals surface area contributed by atoms with Crippen LogP contribution in [-0.4, -0.2) is 26.4 Å². The summed E-state index contributed by atoms with van der Waals surface area (Å²) in [7, 11) is 0. The Morgan fingerprint density at radius 1 is 1.20 bits per heavy atom. The highest BCUT2D eigenvalue weighted by molar-refractivity contribution is 5.53. The Hall–Kier alpha value is -2.79. The van der Waals surface area contributed by atoms with Gasteiger partial charge in [-0.1, -0.05) is 29.8 Å². The SMILES string of the molecule is Cc1ccc(CN2CCc3c(nc(-c4cccnc4)[nH]c3=O)C2)cc1. The van der Waals surface area contributed by atoms with Crippen molar-refractivity contribution in [3.05, 3.63) is 81.5 Å². The summed E-state index contributed by atoms with van der Waals surface area (Å²) in [6, 6.07) is 12.4. The maximum Gasteiger partial charge on any atom is 0.254 e. The van der Waals surface area contributed by atoms with Gasteiger partial charge < -0.3 is 4.98 Å². The molecule has 0 atom stereocenters. The molecule has 4 rings (SSSR count). The molecule has 0 fully saturated rings. The molecule has 0 aliphatic carbocycles. The highest BCUT2D eigenvalue weighted by Crippen LogP contribution is 2.19. The van der Waals surface area contributed by atoms with Crippen LogP contribution in [0.2, 0.25) is 0 Å². The van der Waals surface area contributed by atoms with Crippen molar-refractivity contribution in [1.82, 2.24) is 19.9 Å². The molecule has 1 aliphatic heterocycles. The minimum atomic E-state index is -0.0289. The molecule has 0 saturated carbocycles. The van der Waals surface area contributed by atoms with E-state index in [-0.39, 0.29) is 5.56 Å². The van der Waals surface area contributed by atoms with Crippen LogP contribution in [0.15, 0.2) is 53.6 Å². The van der Waals surface area contributed by atoms with Gasteiger partial charge in [-0.05, 0) is 31.0 Å². The van der Waals surface area contributed by atoms with Crippen LogP contribution in [0.25, 0.3) is 11.4 Å². The van der Waals surface area contributed by atoms with E-state index in [4.69, 9.17) is 4.98 Å². The van der Waals surface area contributed by atoms with E-state index in [1.807, 2.05) is 12.1 Å². The van der Waals surface area contributed by atoms with E-state index in [1.54, 1.807) is 12.4 Å². The Balaban J connectivity index is 1.60. The normalized spacial score (nSPS) is 14.3. The van der Waals surface area contributed by atoms with Crippen molar-refractivity contribution < 1.29 is 0 Å². The van der Waals surface area contributed by atoms with Gasteiger partial charge in [-0.3, -0.25) is 14.7 Å². The molecule has 0 amide bonds. The van der Waals surface area contributed by atoms with Crippen LogP contribution in [0.5, 0.6) is 0 Å². The minimum Gasteiger partial charge on any atom is -0.306 e. The Bertz CT molecular complexity index is 932. The number of nitrogens with one attached hydrogen (secondary N) is 1. The standard InChI is InChI=1S/C20H20N4O/c1-14-4-6-15(7-5-14)12-24-10-8-17-18(13-24)22-19(23-20(17)25)16-3-2-9-21-11-16/h2-7,9,11H,8,10,12-13H2,1H3,(H,22,23,25). The van der Waals surface area contributed by atoms with E-state index in [0.717, 1.165) is 36.3 Å². The van der Waals surface area contributed by atoms with Gasteiger partial charge >= 0.3 is 0 Å². The Labute approximate surface area is 146 Å². The fraction of sp³-hybridized carbons (Fsp3) is 0.250. The summed E-state index contributed by atoms with van der Waals surface area (Å²) < 4.78 is 0. The van der Waals surface area contributed by atoms with Gasteiger partial charge in [0.15, 0.2) is 0 Å². The van der Waals surface area contributed by atoms with Crippen LogP contribution >= 0.6 is 0 Å². The van der Waals surface area contributed by atoms with E-state index in [9.17, 15) is 4.79 Å². The maximum absolute atomic E-state index is 12.4. The number of H-pyrrole nitrogens is 1. The summed E-state index contributed by atoms with van der Waals surface area (Å²) >= 11 is 0. The highest BCUT2D eigenvalue weighted by atomic mass is 16.1. The molecule has 3 aromatic rings. The molecule has 1 N–H and O–H groups in total. The van der Waals surface area contributed by atoms with Crippen molar-refractivity contribution in [1.29, 1.82) is 0 Å². The summed E-state index contributed by atoms with van der Waals surface area (Å²) in [6.45, 7) is 4.53. The molecule has 0 spiro atoms. The number of benzene rings is 1. The number of fused-ring (bicyclic) bond motifs is 1. The molecule has 126 valence electrons. The van der Waals surface area contributed by atoms with E-state index in [2.05, 4.69) is 46.1 Å². The monoisotopic (exact) mass is 332 g/mol. The van der Waals surface area contributed by atoms with E-state index < -0.39 is 0 Å². The van der Waals surface area contributed by atoms with Crippen LogP contribution in [0, 0.1) is 6.92 Å². The number of rotatable bonds is 3. The zero-order valence-electron chi connectivity index (χ0n) is 14.2. The summed E-state index contributed by atoms with van der Waals surface area (Å²) in [5.74, 6) is 0.592. The van der Waals surface area contributed by atoms with Crippen molar-refractivity contribution in [3.8, 4) is 11.4 Å². The van der Waals surface area contributed by atoms with Gasteiger partial charge in [0.2, 0.25) is 0 Å². The van der Waals surface area contributed by atoms with E-state index in [1.165, 1.54) is 11.1 Å². The van der Waals surface area contributed by atoms with E-state index >= 15 is 0 Å². The van der Waals surface area contributed by atoms with Crippen molar-refractivity contribution >= 4 is 0 Å². The second-order valence-corrected chi connectivity index (χ2v) is 6.53. The Kier molecular flexibility index (Phi) is 4.15. The van der Waals surface area contributed by atoms with Gasteiger partial charge in [0.05, 0.1) is 5.69 Å². The summed E-state index contributed by atoms with van der Waals surface area (Å²) in [5, 5.41) is 0. The lowest BCUT2D eigenvalue weighted by Crippen LogP contribution is -2.35. The van der Waals surface area contributed by atoms with Gasteiger partial charge in [-0.15, -0.1) is 0 Å². The quantitative estimate of drug-likeness (QED) is 0.801. The number of aromatic amines is 1. The molecule has 0 radical (unpaired) electrons. The average molecular weight is 332 g/mol. The molecule has 25 heavy (non-hydrogen) atoms. The molecule has 0 bridgehead atoms. The lowest BCUT2D eigenvalue weighted by molar-refractivity contribution is 0.240. The van der Waals surface area contributed by atoms with Crippen LogP contribution < -0.4 is 5.56 Å². The van der Waals surface area contributed by atoms with Crippen molar-refractivity contribution in [2.75, 3.05) is 6.54 Å². The first kappa shape index (κ1) is 15.7. The van der Waals surface area contributed by atoms with Gasteiger partial charge in [-0.2, -0.15) is 0 Å². The fourth-order valence-electron chi connectivity index (χ4n) is 3.22. The fourth-order valence-corrected chi connectivity index (χ4v) is 3.22. The predicted octanol–water partition coefficient (Wildman–Crippen LogP) is 2.70. The highest BCUT2D eigenvalue weighted by Gasteiger charge is 2.21. The Morgan fingerprint density at radius 3 is 2.80 bits per heavy atom.